The lowest BCUT2D eigenvalue weighted by atomic mass is 10.0. The van der Waals surface area contributed by atoms with Gasteiger partial charge in [0.2, 0.25) is 5.88 Å². The van der Waals surface area contributed by atoms with Gasteiger partial charge < -0.3 is 21.0 Å². The molecular formula is C15H24N4O2. The van der Waals surface area contributed by atoms with Crippen LogP contribution in [0.3, 0.4) is 0 Å². The van der Waals surface area contributed by atoms with Crippen LogP contribution < -0.4 is 15.8 Å². The lowest BCUT2D eigenvalue weighted by Gasteiger charge is -2.17. The number of nitrogens with two attached hydrogens (primary N) is 1. The molecule has 1 aliphatic rings. The molecule has 1 fully saturated rings. The summed E-state index contributed by atoms with van der Waals surface area (Å²) < 4.78 is 5.70. The summed E-state index contributed by atoms with van der Waals surface area (Å²) in [5, 5.41) is 15.2. The summed E-state index contributed by atoms with van der Waals surface area (Å²) in [5.74, 6) is 0.987. The molecule has 0 amide bonds. The number of ether oxygens (including phenoxy) is 1. The Morgan fingerprint density at radius 3 is 2.95 bits per heavy atom. The van der Waals surface area contributed by atoms with E-state index in [9.17, 15) is 0 Å². The SMILES string of the molecule is CC(C)Oc1ncccc1CNCC1(CC(N)=NO)CC1. The Morgan fingerprint density at radius 2 is 2.33 bits per heavy atom. The van der Waals surface area contributed by atoms with Crippen LogP contribution >= 0.6 is 0 Å². The summed E-state index contributed by atoms with van der Waals surface area (Å²) in [6.07, 6.45) is 4.70. The molecule has 1 aliphatic carbocycles. The molecule has 1 aromatic rings. The highest BCUT2D eigenvalue weighted by Crippen LogP contribution is 2.48. The quantitative estimate of drug-likeness (QED) is 0.294. The van der Waals surface area contributed by atoms with E-state index >= 15 is 0 Å². The standard InChI is InChI=1S/C15H24N4O2/c1-11(2)21-14-12(4-3-7-18-14)9-17-10-15(5-6-15)8-13(16)19-20/h3-4,7,11,17,20H,5-6,8-10H2,1-2H3,(H2,16,19). The van der Waals surface area contributed by atoms with E-state index in [4.69, 9.17) is 15.7 Å². The van der Waals surface area contributed by atoms with Gasteiger partial charge in [-0.25, -0.2) is 4.98 Å². The minimum atomic E-state index is 0.106. The number of amidine groups is 1. The Balaban J connectivity index is 1.86. The molecule has 0 saturated heterocycles. The minimum Gasteiger partial charge on any atom is -0.475 e. The van der Waals surface area contributed by atoms with Crippen LogP contribution in [-0.4, -0.2) is 28.7 Å². The highest BCUT2D eigenvalue weighted by molar-refractivity contribution is 5.80. The highest BCUT2D eigenvalue weighted by Gasteiger charge is 2.42. The van der Waals surface area contributed by atoms with Crippen molar-refractivity contribution in [3.8, 4) is 5.88 Å². The van der Waals surface area contributed by atoms with Crippen LogP contribution in [0.1, 0.15) is 38.7 Å². The smallest absolute Gasteiger partial charge is 0.218 e. The first-order valence-corrected chi connectivity index (χ1v) is 7.32. The first-order chi connectivity index (χ1) is 10.0. The molecule has 2 rings (SSSR count). The second kappa shape index (κ2) is 6.76. The summed E-state index contributed by atoms with van der Waals surface area (Å²) >= 11 is 0. The maximum absolute atomic E-state index is 8.67. The van der Waals surface area contributed by atoms with Crippen LogP contribution in [0.5, 0.6) is 5.88 Å². The van der Waals surface area contributed by atoms with Gasteiger partial charge in [-0.15, -0.1) is 0 Å². The second-order valence-corrected chi connectivity index (χ2v) is 6.01. The van der Waals surface area contributed by atoms with Crippen molar-refractivity contribution in [2.45, 2.75) is 45.8 Å². The fourth-order valence-corrected chi connectivity index (χ4v) is 2.36. The van der Waals surface area contributed by atoms with Crippen molar-refractivity contribution in [1.29, 1.82) is 0 Å². The van der Waals surface area contributed by atoms with Gasteiger partial charge in [-0.1, -0.05) is 11.2 Å². The third kappa shape index (κ3) is 4.60. The molecule has 0 radical (unpaired) electrons. The Morgan fingerprint density at radius 1 is 1.57 bits per heavy atom. The van der Waals surface area contributed by atoms with Crippen molar-refractivity contribution >= 4 is 5.84 Å². The van der Waals surface area contributed by atoms with Crippen molar-refractivity contribution in [2.75, 3.05) is 6.54 Å². The lowest BCUT2D eigenvalue weighted by molar-refractivity contribution is 0.229. The van der Waals surface area contributed by atoms with E-state index in [0.717, 1.165) is 24.9 Å². The van der Waals surface area contributed by atoms with Crippen LogP contribution in [0.2, 0.25) is 0 Å². The molecule has 0 bridgehead atoms. The first-order valence-electron chi connectivity index (χ1n) is 7.32. The van der Waals surface area contributed by atoms with E-state index < -0.39 is 0 Å². The molecular weight excluding hydrogens is 268 g/mol. The van der Waals surface area contributed by atoms with Crippen LogP contribution in [-0.2, 0) is 6.54 Å². The molecule has 6 nitrogen and oxygen atoms in total. The van der Waals surface area contributed by atoms with Gasteiger partial charge >= 0.3 is 0 Å². The summed E-state index contributed by atoms with van der Waals surface area (Å²) in [6.45, 7) is 5.53. The maximum atomic E-state index is 8.67. The molecule has 1 heterocycles. The molecule has 21 heavy (non-hydrogen) atoms. The molecule has 0 spiro atoms. The van der Waals surface area contributed by atoms with Gasteiger partial charge in [0.1, 0.15) is 5.84 Å². The number of hydrogen-bond acceptors (Lipinski definition) is 5. The fraction of sp³-hybridized carbons (Fsp3) is 0.600. The Kier molecular flexibility index (Phi) is 5.01. The average molecular weight is 292 g/mol. The van der Waals surface area contributed by atoms with E-state index in [-0.39, 0.29) is 11.5 Å². The second-order valence-electron chi connectivity index (χ2n) is 6.01. The van der Waals surface area contributed by atoms with Gasteiger partial charge in [0.05, 0.1) is 6.10 Å². The van der Waals surface area contributed by atoms with Gasteiger partial charge in [0.15, 0.2) is 0 Å². The van der Waals surface area contributed by atoms with Gasteiger partial charge in [-0.2, -0.15) is 0 Å². The van der Waals surface area contributed by atoms with Crippen molar-refractivity contribution in [2.24, 2.45) is 16.3 Å². The largest absolute Gasteiger partial charge is 0.475 e. The fourth-order valence-electron chi connectivity index (χ4n) is 2.36. The average Bonchev–Trinajstić information content (AvgIpc) is 3.20. The molecule has 4 N–H and O–H groups in total. The van der Waals surface area contributed by atoms with Gasteiger partial charge in [-0.05, 0) is 38.2 Å². The molecule has 0 unspecified atom stereocenters. The van der Waals surface area contributed by atoms with Crippen molar-refractivity contribution in [3.05, 3.63) is 23.9 Å². The third-order valence-corrected chi connectivity index (χ3v) is 3.65. The molecule has 116 valence electrons. The Bertz CT molecular complexity index is 498. The third-order valence-electron chi connectivity index (χ3n) is 3.65. The molecule has 0 aromatic carbocycles. The van der Waals surface area contributed by atoms with Crippen molar-refractivity contribution in [3.63, 3.8) is 0 Å². The topological polar surface area (TPSA) is 92.8 Å². The Hall–Kier alpha value is -1.82. The molecule has 1 saturated carbocycles. The lowest BCUT2D eigenvalue weighted by Crippen LogP contribution is -2.28. The number of hydrogen-bond donors (Lipinski definition) is 3. The molecule has 0 aliphatic heterocycles. The van der Waals surface area contributed by atoms with Crippen LogP contribution in [0.25, 0.3) is 0 Å². The molecule has 1 aromatic heterocycles. The predicted octanol–water partition coefficient (Wildman–Crippen LogP) is 1.88. The van der Waals surface area contributed by atoms with Crippen molar-refractivity contribution in [1.82, 2.24) is 10.3 Å². The zero-order chi connectivity index (χ0) is 15.3. The number of rotatable bonds is 8. The van der Waals surface area contributed by atoms with E-state index in [0.29, 0.717) is 24.7 Å². The molecule has 6 heteroatoms. The summed E-state index contributed by atoms with van der Waals surface area (Å²) in [6, 6.07) is 3.92. The van der Waals surface area contributed by atoms with Gasteiger partial charge in [-0.3, -0.25) is 0 Å². The van der Waals surface area contributed by atoms with Crippen LogP contribution in [0.4, 0.5) is 0 Å². The van der Waals surface area contributed by atoms with E-state index in [1.165, 1.54) is 0 Å². The maximum Gasteiger partial charge on any atom is 0.218 e. The summed E-state index contributed by atoms with van der Waals surface area (Å²) in [4.78, 5) is 4.28. The van der Waals surface area contributed by atoms with Crippen LogP contribution in [0, 0.1) is 5.41 Å². The normalized spacial score (nSPS) is 17.0. The highest BCUT2D eigenvalue weighted by atomic mass is 16.5. The molecule has 0 atom stereocenters. The number of pyridine rings is 1. The number of oxime groups is 1. The Labute approximate surface area is 125 Å². The van der Waals surface area contributed by atoms with E-state index in [1.54, 1.807) is 6.20 Å². The number of nitrogens with zero attached hydrogens (tertiary/aromatic N) is 2. The minimum absolute atomic E-state index is 0.106. The van der Waals surface area contributed by atoms with Crippen molar-refractivity contribution < 1.29 is 9.94 Å². The number of nitrogens with one attached hydrogen (secondary N) is 1. The van der Waals surface area contributed by atoms with E-state index in [1.807, 2.05) is 26.0 Å². The van der Waals surface area contributed by atoms with E-state index in [2.05, 4.69) is 15.5 Å². The summed E-state index contributed by atoms with van der Waals surface area (Å²) in [5.41, 5.74) is 6.80. The zero-order valence-corrected chi connectivity index (χ0v) is 12.7. The van der Waals surface area contributed by atoms with Crippen LogP contribution in [0.15, 0.2) is 23.5 Å². The first kappa shape index (κ1) is 15.6. The summed E-state index contributed by atoms with van der Waals surface area (Å²) in [7, 11) is 0. The zero-order valence-electron chi connectivity index (χ0n) is 12.7. The van der Waals surface area contributed by atoms with Gasteiger partial charge in [0.25, 0.3) is 0 Å². The number of aromatic nitrogens is 1. The monoisotopic (exact) mass is 292 g/mol. The predicted molar refractivity (Wildman–Crippen MR) is 81.4 cm³/mol. The van der Waals surface area contributed by atoms with Gasteiger partial charge in [0, 0.05) is 31.3 Å².